The van der Waals surface area contributed by atoms with Gasteiger partial charge in [0.2, 0.25) is 0 Å². The third kappa shape index (κ3) is 1.78. The molecule has 16 heavy (non-hydrogen) atoms. The van der Waals surface area contributed by atoms with Crippen molar-refractivity contribution in [3.05, 3.63) is 23.8 Å². The second kappa shape index (κ2) is 4.22. The number of nitrogens with zero attached hydrogens (tertiary/aromatic N) is 1. The SMILES string of the molecule is Nc1n[nH]c2cc(C3SCCCS3)ccc12. The van der Waals surface area contributed by atoms with E-state index in [4.69, 9.17) is 5.73 Å². The summed E-state index contributed by atoms with van der Waals surface area (Å²) in [7, 11) is 0. The van der Waals surface area contributed by atoms with Crippen LogP contribution in [-0.2, 0) is 0 Å². The number of nitrogens with two attached hydrogens (primary N) is 1. The molecule has 0 amide bonds. The molecule has 1 aromatic carbocycles. The lowest BCUT2D eigenvalue weighted by Crippen LogP contribution is -1.99. The molecule has 0 bridgehead atoms. The van der Waals surface area contributed by atoms with Gasteiger partial charge in [0.1, 0.15) is 0 Å². The Morgan fingerprint density at radius 3 is 2.94 bits per heavy atom. The number of aromatic amines is 1. The highest BCUT2D eigenvalue weighted by atomic mass is 32.2. The van der Waals surface area contributed by atoms with Gasteiger partial charge in [-0.1, -0.05) is 6.07 Å². The van der Waals surface area contributed by atoms with Gasteiger partial charge in [0, 0.05) is 5.39 Å². The van der Waals surface area contributed by atoms with E-state index in [9.17, 15) is 0 Å². The van der Waals surface area contributed by atoms with Gasteiger partial charge in [-0.2, -0.15) is 5.10 Å². The lowest BCUT2D eigenvalue weighted by atomic mass is 10.2. The maximum atomic E-state index is 5.75. The highest BCUT2D eigenvalue weighted by molar-refractivity contribution is 8.16. The van der Waals surface area contributed by atoms with Crippen LogP contribution in [0.15, 0.2) is 18.2 Å². The van der Waals surface area contributed by atoms with Gasteiger partial charge < -0.3 is 5.73 Å². The number of rotatable bonds is 1. The number of H-pyrrole nitrogens is 1. The smallest absolute Gasteiger partial charge is 0.153 e. The third-order valence-corrected chi connectivity index (χ3v) is 5.73. The Bertz CT molecular complexity index is 503. The summed E-state index contributed by atoms with van der Waals surface area (Å²) in [6, 6.07) is 6.41. The molecule has 2 heterocycles. The molecule has 1 saturated heterocycles. The number of thioether (sulfide) groups is 2. The minimum Gasteiger partial charge on any atom is -0.382 e. The predicted molar refractivity (Wildman–Crippen MR) is 72.8 cm³/mol. The van der Waals surface area contributed by atoms with E-state index in [1.807, 2.05) is 23.5 Å². The van der Waals surface area contributed by atoms with Crippen molar-refractivity contribution in [2.75, 3.05) is 17.2 Å². The summed E-state index contributed by atoms with van der Waals surface area (Å²) in [4.78, 5) is 0. The van der Waals surface area contributed by atoms with Crippen LogP contribution in [0.25, 0.3) is 10.9 Å². The van der Waals surface area contributed by atoms with Gasteiger partial charge in [-0.3, -0.25) is 5.10 Å². The highest BCUT2D eigenvalue weighted by Crippen LogP contribution is 2.44. The standard InChI is InChI=1S/C11H13N3S2/c12-10-8-3-2-7(6-9(8)13-14-10)11-15-4-1-5-16-11/h2-3,6,11H,1,4-5H2,(H3,12,13,14). The average Bonchev–Trinajstić information content (AvgIpc) is 2.72. The van der Waals surface area contributed by atoms with E-state index in [1.165, 1.54) is 23.5 Å². The first-order valence-electron chi connectivity index (χ1n) is 5.31. The molecule has 3 nitrogen and oxygen atoms in total. The van der Waals surface area contributed by atoms with Crippen molar-refractivity contribution in [3.63, 3.8) is 0 Å². The van der Waals surface area contributed by atoms with E-state index in [0.29, 0.717) is 10.4 Å². The lowest BCUT2D eigenvalue weighted by Gasteiger charge is -2.21. The third-order valence-electron chi connectivity index (χ3n) is 2.72. The summed E-state index contributed by atoms with van der Waals surface area (Å²) >= 11 is 4.06. The molecule has 0 aliphatic carbocycles. The van der Waals surface area contributed by atoms with Crippen LogP contribution in [0.4, 0.5) is 5.82 Å². The fourth-order valence-corrected chi connectivity index (χ4v) is 4.76. The number of anilines is 1. The molecule has 2 aromatic rings. The van der Waals surface area contributed by atoms with Crippen LogP contribution in [0.1, 0.15) is 16.6 Å². The van der Waals surface area contributed by atoms with Crippen molar-refractivity contribution >= 4 is 40.2 Å². The molecule has 5 heteroatoms. The molecule has 3 N–H and O–H groups in total. The minimum absolute atomic E-state index is 0.572. The number of aromatic nitrogens is 2. The first-order chi connectivity index (χ1) is 7.84. The van der Waals surface area contributed by atoms with Crippen LogP contribution in [-0.4, -0.2) is 21.7 Å². The van der Waals surface area contributed by atoms with Gasteiger partial charge in [0.25, 0.3) is 0 Å². The molecule has 0 radical (unpaired) electrons. The van der Waals surface area contributed by atoms with Crippen molar-refractivity contribution in [3.8, 4) is 0 Å². The zero-order valence-electron chi connectivity index (χ0n) is 8.77. The minimum atomic E-state index is 0.572. The van der Waals surface area contributed by atoms with Crippen LogP contribution in [0.2, 0.25) is 0 Å². The van der Waals surface area contributed by atoms with Crippen LogP contribution >= 0.6 is 23.5 Å². The Morgan fingerprint density at radius 2 is 2.12 bits per heavy atom. The Labute approximate surface area is 103 Å². The number of nitrogens with one attached hydrogen (secondary N) is 1. The van der Waals surface area contributed by atoms with Crippen LogP contribution in [0, 0.1) is 0 Å². The summed E-state index contributed by atoms with van der Waals surface area (Å²) in [6.45, 7) is 0. The Morgan fingerprint density at radius 1 is 1.31 bits per heavy atom. The molecule has 1 aromatic heterocycles. The molecule has 0 spiro atoms. The number of benzene rings is 1. The monoisotopic (exact) mass is 251 g/mol. The fourth-order valence-electron chi connectivity index (χ4n) is 1.89. The van der Waals surface area contributed by atoms with E-state index < -0.39 is 0 Å². The van der Waals surface area contributed by atoms with Gasteiger partial charge in [0.05, 0.1) is 10.1 Å². The molecule has 1 aliphatic heterocycles. The molecular weight excluding hydrogens is 238 g/mol. The molecule has 84 valence electrons. The van der Waals surface area contributed by atoms with Crippen molar-refractivity contribution in [2.24, 2.45) is 0 Å². The van der Waals surface area contributed by atoms with Gasteiger partial charge >= 0.3 is 0 Å². The lowest BCUT2D eigenvalue weighted by molar-refractivity contribution is 1.10. The van der Waals surface area contributed by atoms with Gasteiger partial charge in [0.15, 0.2) is 5.82 Å². The van der Waals surface area contributed by atoms with E-state index >= 15 is 0 Å². The Kier molecular flexibility index (Phi) is 2.73. The predicted octanol–water partition coefficient (Wildman–Crippen LogP) is 3.01. The second-order valence-electron chi connectivity index (χ2n) is 3.84. The fraction of sp³-hybridized carbons (Fsp3) is 0.364. The van der Waals surface area contributed by atoms with Gasteiger partial charge in [-0.15, -0.1) is 23.5 Å². The normalized spacial score (nSPS) is 18.0. The van der Waals surface area contributed by atoms with E-state index in [-0.39, 0.29) is 0 Å². The maximum absolute atomic E-state index is 5.75. The van der Waals surface area contributed by atoms with E-state index in [2.05, 4.69) is 28.4 Å². The van der Waals surface area contributed by atoms with E-state index in [1.54, 1.807) is 0 Å². The zero-order chi connectivity index (χ0) is 11.0. The summed E-state index contributed by atoms with van der Waals surface area (Å²) < 4.78 is 0.572. The summed E-state index contributed by atoms with van der Waals surface area (Å²) in [5.74, 6) is 3.12. The van der Waals surface area contributed by atoms with Crippen molar-refractivity contribution in [1.29, 1.82) is 0 Å². The van der Waals surface area contributed by atoms with Crippen molar-refractivity contribution in [1.82, 2.24) is 10.2 Å². The Balaban J connectivity index is 1.97. The summed E-state index contributed by atoms with van der Waals surface area (Å²) in [5, 5.41) is 8.02. The molecule has 0 unspecified atom stereocenters. The van der Waals surface area contributed by atoms with Crippen LogP contribution in [0.3, 0.4) is 0 Å². The van der Waals surface area contributed by atoms with Crippen LogP contribution in [0.5, 0.6) is 0 Å². The topological polar surface area (TPSA) is 54.7 Å². The van der Waals surface area contributed by atoms with Gasteiger partial charge in [-0.05, 0) is 35.6 Å². The largest absolute Gasteiger partial charge is 0.382 e. The second-order valence-corrected chi connectivity index (χ2v) is 6.57. The number of hydrogen-bond donors (Lipinski definition) is 2. The maximum Gasteiger partial charge on any atom is 0.153 e. The van der Waals surface area contributed by atoms with Gasteiger partial charge in [-0.25, -0.2) is 0 Å². The zero-order valence-corrected chi connectivity index (χ0v) is 10.4. The molecule has 1 aliphatic rings. The first kappa shape index (κ1) is 10.4. The quantitative estimate of drug-likeness (QED) is 0.818. The number of hydrogen-bond acceptors (Lipinski definition) is 4. The van der Waals surface area contributed by atoms with Crippen LogP contribution < -0.4 is 5.73 Å². The molecule has 3 rings (SSSR count). The molecule has 0 atom stereocenters. The summed E-state index contributed by atoms with van der Waals surface area (Å²) in [5.41, 5.74) is 8.16. The van der Waals surface area contributed by atoms with Crippen molar-refractivity contribution in [2.45, 2.75) is 11.0 Å². The van der Waals surface area contributed by atoms with E-state index in [0.717, 1.165) is 10.9 Å². The highest BCUT2D eigenvalue weighted by Gasteiger charge is 2.17. The molecule has 0 saturated carbocycles. The van der Waals surface area contributed by atoms with Crippen molar-refractivity contribution < 1.29 is 0 Å². The number of nitrogen functional groups attached to an aromatic ring is 1. The molecular formula is C11H13N3S2. The number of fused-ring (bicyclic) bond motifs is 1. The summed E-state index contributed by atoms with van der Waals surface area (Å²) in [6.07, 6.45) is 1.32. The molecule has 1 fully saturated rings. The Hall–Kier alpha value is -0.810. The first-order valence-corrected chi connectivity index (χ1v) is 7.41. The average molecular weight is 251 g/mol.